The van der Waals surface area contributed by atoms with Gasteiger partial charge in [-0.2, -0.15) is 0 Å². The van der Waals surface area contributed by atoms with Crippen LogP contribution in [0.5, 0.6) is 0 Å². The number of carbonyl (C=O) groups is 2. The van der Waals surface area contributed by atoms with E-state index >= 15 is 0 Å². The molecule has 0 heterocycles. The molecule has 0 rings (SSSR count). The largest absolute Gasteiger partial charge is 0.508 e. The molecule has 0 saturated heterocycles. The molecule has 0 unspecified atom stereocenters. The highest BCUT2D eigenvalue weighted by Crippen LogP contribution is 2.02. The molecule has 0 aliphatic rings. The first-order valence-corrected chi connectivity index (χ1v) is 9.51. The molecule has 0 amide bonds. The standard InChI is InChI=1S/C18H34O8/c19-11-5-1-2-7-13-23-17(21)25-15-9-4-10-16-26-18(22)24-14-8-3-6-12-20/h19-20H,1-16H2. The highest BCUT2D eigenvalue weighted by atomic mass is 16.7. The van der Waals surface area contributed by atoms with Crippen molar-refractivity contribution in [3.8, 4) is 0 Å². The van der Waals surface area contributed by atoms with Crippen LogP contribution >= 0.6 is 0 Å². The fourth-order valence-corrected chi connectivity index (χ4v) is 2.04. The summed E-state index contributed by atoms with van der Waals surface area (Å²) in [7, 11) is 0. The maximum Gasteiger partial charge on any atom is 0.508 e. The van der Waals surface area contributed by atoms with Gasteiger partial charge in [0.1, 0.15) is 0 Å². The third kappa shape index (κ3) is 18.8. The van der Waals surface area contributed by atoms with Gasteiger partial charge in [0.05, 0.1) is 26.4 Å². The Morgan fingerprint density at radius 3 is 1.08 bits per heavy atom. The third-order valence-electron chi connectivity index (χ3n) is 3.52. The van der Waals surface area contributed by atoms with Crippen molar-refractivity contribution in [3.63, 3.8) is 0 Å². The minimum Gasteiger partial charge on any atom is -0.434 e. The molecule has 8 heteroatoms. The van der Waals surface area contributed by atoms with Crippen LogP contribution in [0.4, 0.5) is 9.59 Å². The lowest BCUT2D eigenvalue weighted by atomic mass is 10.2. The third-order valence-corrected chi connectivity index (χ3v) is 3.52. The summed E-state index contributed by atoms with van der Waals surface area (Å²) >= 11 is 0. The molecule has 0 radical (unpaired) electrons. The van der Waals surface area contributed by atoms with Crippen molar-refractivity contribution in [2.75, 3.05) is 39.6 Å². The maximum atomic E-state index is 11.3. The first-order chi connectivity index (χ1) is 12.7. The van der Waals surface area contributed by atoms with Gasteiger partial charge in [-0.05, 0) is 57.8 Å². The van der Waals surface area contributed by atoms with Gasteiger partial charge in [-0.15, -0.1) is 0 Å². The van der Waals surface area contributed by atoms with Crippen LogP contribution in [-0.4, -0.2) is 62.2 Å². The minimum absolute atomic E-state index is 0.150. The lowest BCUT2D eigenvalue weighted by molar-refractivity contribution is 0.0489. The van der Waals surface area contributed by atoms with E-state index in [1.165, 1.54) is 0 Å². The van der Waals surface area contributed by atoms with Crippen molar-refractivity contribution in [1.29, 1.82) is 0 Å². The molecule has 0 aromatic heterocycles. The second kappa shape index (κ2) is 19.8. The average molecular weight is 378 g/mol. The van der Waals surface area contributed by atoms with Crippen LogP contribution in [0.1, 0.15) is 64.2 Å². The average Bonchev–Trinajstić information content (AvgIpc) is 2.63. The molecule has 0 saturated carbocycles. The highest BCUT2D eigenvalue weighted by Gasteiger charge is 2.05. The van der Waals surface area contributed by atoms with E-state index in [0.29, 0.717) is 38.9 Å². The van der Waals surface area contributed by atoms with E-state index in [1.807, 2.05) is 0 Å². The molecule has 0 aromatic carbocycles. The summed E-state index contributed by atoms with van der Waals surface area (Å²) in [6.07, 6.45) is 6.39. The van der Waals surface area contributed by atoms with E-state index < -0.39 is 12.3 Å². The van der Waals surface area contributed by atoms with E-state index in [4.69, 9.17) is 29.2 Å². The molecule has 0 aliphatic heterocycles. The van der Waals surface area contributed by atoms with Gasteiger partial charge in [-0.25, -0.2) is 9.59 Å². The Balaban J connectivity index is 3.26. The van der Waals surface area contributed by atoms with E-state index in [1.54, 1.807) is 0 Å². The van der Waals surface area contributed by atoms with Crippen molar-refractivity contribution in [2.24, 2.45) is 0 Å². The van der Waals surface area contributed by atoms with E-state index in [9.17, 15) is 9.59 Å². The molecule has 0 bridgehead atoms. The van der Waals surface area contributed by atoms with Gasteiger partial charge in [0.25, 0.3) is 0 Å². The van der Waals surface area contributed by atoms with Gasteiger partial charge in [0.15, 0.2) is 0 Å². The second-order valence-electron chi connectivity index (χ2n) is 5.88. The number of aliphatic hydroxyl groups is 2. The molecule has 8 nitrogen and oxygen atoms in total. The molecular formula is C18H34O8. The van der Waals surface area contributed by atoms with Crippen molar-refractivity contribution in [3.05, 3.63) is 0 Å². The first kappa shape index (κ1) is 24.5. The maximum absolute atomic E-state index is 11.3. The molecule has 0 aromatic rings. The number of carbonyl (C=O) groups excluding carboxylic acids is 2. The van der Waals surface area contributed by atoms with E-state index in [-0.39, 0.29) is 26.4 Å². The van der Waals surface area contributed by atoms with E-state index in [0.717, 1.165) is 38.5 Å². The van der Waals surface area contributed by atoms with Gasteiger partial charge in [-0.3, -0.25) is 0 Å². The van der Waals surface area contributed by atoms with Crippen molar-refractivity contribution < 1.29 is 38.7 Å². The topological polar surface area (TPSA) is 112 Å². The van der Waals surface area contributed by atoms with Gasteiger partial charge < -0.3 is 29.2 Å². The molecule has 0 spiro atoms. The minimum atomic E-state index is -0.673. The molecule has 154 valence electrons. The summed E-state index contributed by atoms with van der Waals surface area (Å²) < 4.78 is 19.6. The summed E-state index contributed by atoms with van der Waals surface area (Å²) in [5, 5.41) is 17.2. The Kier molecular flexibility index (Phi) is 18.6. The zero-order valence-electron chi connectivity index (χ0n) is 15.7. The Morgan fingerprint density at radius 2 is 0.731 bits per heavy atom. The van der Waals surface area contributed by atoms with Crippen LogP contribution in [0, 0.1) is 0 Å². The summed E-state index contributed by atoms with van der Waals surface area (Å²) in [6.45, 7) is 1.53. The fraction of sp³-hybridized carbons (Fsp3) is 0.889. The van der Waals surface area contributed by atoms with Crippen LogP contribution in [0.2, 0.25) is 0 Å². The van der Waals surface area contributed by atoms with E-state index in [2.05, 4.69) is 0 Å². The van der Waals surface area contributed by atoms with Gasteiger partial charge >= 0.3 is 12.3 Å². The molecule has 0 fully saturated rings. The smallest absolute Gasteiger partial charge is 0.434 e. The number of hydrogen-bond acceptors (Lipinski definition) is 8. The number of aliphatic hydroxyl groups excluding tert-OH is 2. The fourth-order valence-electron chi connectivity index (χ4n) is 2.04. The Hall–Kier alpha value is -1.54. The molecule has 2 N–H and O–H groups in total. The molecule has 26 heavy (non-hydrogen) atoms. The number of rotatable bonds is 17. The highest BCUT2D eigenvalue weighted by molar-refractivity contribution is 5.60. The predicted molar refractivity (Wildman–Crippen MR) is 94.9 cm³/mol. The Labute approximate surface area is 155 Å². The molecular weight excluding hydrogens is 344 g/mol. The zero-order valence-corrected chi connectivity index (χ0v) is 15.7. The summed E-state index contributed by atoms with van der Waals surface area (Å²) in [5.74, 6) is 0. The predicted octanol–water partition coefficient (Wildman–Crippen LogP) is 3.18. The van der Waals surface area contributed by atoms with Crippen molar-refractivity contribution in [1.82, 2.24) is 0 Å². The van der Waals surface area contributed by atoms with Crippen molar-refractivity contribution >= 4 is 12.3 Å². The summed E-state index contributed by atoms with van der Waals surface area (Å²) in [4.78, 5) is 22.5. The van der Waals surface area contributed by atoms with Crippen LogP contribution < -0.4 is 0 Å². The van der Waals surface area contributed by atoms with Crippen LogP contribution in [0.3, 0.4) is 0 Å². The van der Waals surface area contributed by atoms with Crippen LogP contribution in [-0.2, 0) is 18.9 Å². The van der Waals surface area contributed by atoms with Crippen LogP contribution in [0.15, 0.2) is 0 Å². The Morgan fingerprint density at radius 1 is 0.462 bits per heavy atom. The van der Waals surface area contributed by atoms with Gasteiger partial charge in [0.2, 0.25) is 0 Å². The number of hydrogen-bond donors (Lipinski definition) is 2. The zero-order chi connectivity index (χ0) is 19.3. The Bertz CT molecular complexity index is 335. The number of ether oxygens (including phenoxy) is 4. The summed E-state index contributed by atoms with van der Waals surface area (Å²) in [6, 6.07) is 0. The SMILES string of the molecule is O=C(OCCCCCO)OCCCCCOC(=O)OCCCCCCO. The van der Waals surface area contributed by atoms with Gasteiger partial charge in [-0.1, -0.05) is 6.42 Å². The number of unbranched alkanes of at least 4 members (excludes halogenated alkanes) is 7. The normalized spacial score (nSPS) is 10.4. The van der Waals surface area contributed by atoms with Crippen molar-refractivity contribution in [2.45, 2.75) is 64.2 Å². The summed E-state index contributed by atoms with van der Waals surface area (Å²) in [5.41, 5.74) is 0. The second-order valence-corrected chi connectivity index (χ2v) is 5.88. The monoisotopic (exact) mass is 378 g/mol. The van der Waals surface area contributed by atoms with Gasteiger partial charge in [0, 0.05) is 13.2 Å². The molecule has 0 aliphatic carbocycles. The first-order valence-electron chi connectivity index (χ1n) is 9.51. The lowest BCUT2D eigenvalue weighted by Crippen LogP contribution is -2.11. The van der Waals surface area contributed by atoms with Crippen LogP contribution in [0.25, 0.3) is 0 Å². The molecule has 0 atom stereocenters. The lowest BCUT2D eigenvalue weighted by Gasteiger charge is -2.07. The quantitative estimate of drug-likeness (QED) is 0.293.